The molecule has 0 spiro atoms. The van der Waals surface area contributed by atoms with Crippen molar-refractivity contribution < 1.29 is 4.39 Å². The van der Waals surface area contributed by atoms with Crippen LogP contribution in [-0.2, 0) is 0 Å². The van der Waals surface area contributed by atoms with E-state index in [0.29, 0.717) is 17.5 Å². The molecular formula is C13H19ClFN. The van der Waals surface area contributed by atoms with E-state index >= 15 is 0 Å². The van der Waals surface area contributed by atoms with Crippen molar-refractivity contribution in [3.63, 3.8) is 0 Å². The highest BCUT2D eigenvalue weighted by Crippen LogP contribution is 2.32. The Morgan fingerprint density at radius 1 is 1.44 bits per heavy atom. The lowest BCUT2D eigenvalue weighted by atomic mass is 9.84. The molecule has 0 radical (unpaired) electrons. The Balaban J connectivity index is 2.94. The number of nitrogens with two attached hydrogens (primary N) is 1. The van der Waals surface area contributed by atoms with E-state index in [-0.39, 0.29) is 11.7 Å². The molecule has 0 aliphatic rings. The van der Waals surface area contributed by atoms with Crippen LogP contribution in [-0.4, -0.2) is 6.54 Å². The molecule has 0 aromatic heterocycles. The van der Waals surface area contributed by atoms with Gasteiger partial charge in [0.15, 0.2) is 0 Å². The first-order valence-electron chi connectivity index (χ1n) is 5.75. The Morgan fingerprint density at radius 2 is 2.12 bits per heavy atom. The molecular weight excluding hydrogens is 225 g/mol. The Morgan fingerprint density at radius 3 is 2.62 bits per heavy atom. The molecule has 90 valence electrons. The number of hydrogen-bond donors (Lipinski definition) is 1. The molecule has 0 saturated carbocycles. The highest BCUT2D eigenvalue weighted by molar-refractivity contribution is 6.31. The van der Waals surface area contributed by atoms with Gasteiger partial charge < -0.3 is 5.73 Å². The number of halogens is 2. The van der Waals surface area contributed by atoms with Crippen molar-refractivity contribution in [2.45, 2.75) is 32.6 Å². The molecule has 0 aliphatic heterocycles. The third kappa shape index (κ3) is 3.19. The highest BCUT2D eigenvalue weighted by Gasteiger charge is 2.19. The summed E-state index contributed by atoms with van der Waals surface area (Å²) in [5, 5.41) is 0.485. The summed E-state index contributed by atoms with van der Waals surface area (Å²) in [5.74, 6) is 0.388. The van der Waals surface area contributed by atoms with Crippen LogP contribution in [0.15, 0.2) is 18.2 Å². The van der Waals surface area contributed by atoms with Gasteiger partial charge in [0.25, 0.3) is 0 Å². The van der Waals surface area contributed by atoms with Gasteiger partial charge in [-0.1, -0.05) is 44.4 Å². The molecule has 16 heavy (non-hydrogen) atoms. The molecule has 1 aromatic rings. The Kier molecular flexibility index (Phi) is 5.23. The number of hydrogen-bond acceptors (Lipinski definition) is 1. The monoisotopic (exact) mass is 243 g/mol. The van der Waals surface area contributed by atoms with Crippen LogP contribution in [0.1, 0.15) is 38.2 Å². The van der Waals surface area contributed by atoms with Gasteiger partial charge in [-0.25, -0.2) is 4.39 Å². The van der Waals surface area contributed by atoms with E-state index in [2.05, 4.69) is 13.8 Å². The summed E-state index contributed by atoms with van der Waals surface area (Å²) in [6, 6.07) is 4.56. The maximum atomic E-state index is 12.9. The van der Waals surface area contributed by atoms with Crippen molar-refractivity contribution in [1.82, 2.24) is 0 Å². The minimum atomic E-state index is -0.298. The largest absolute Gasteiger partial charge is 0.330 e. The molecule has 1 rings (SSSR count). The SMILES string of the molecule is CCCC(C)C(CN)c1ccc(F)cc1Cl. The van der Waals surface area contributed by atoms with Gasteiger partial charge in [0, 0.05) is 10.9 Å². The van der Waals surface area contributed by atoms with E-state index in [1.165, 1.54) is 12.1 Å². The highest BCUT2D eigenvalue weighted by atomic mass is 35.5. The standard InChI is InChI=1S/C13H19ClFN/c1-3-4-9(2)12(8-16)11-6-5-10(15)7-13(11)14/h5-7,9,12H,3-4,8,16H2,1-2H3. The van der Waals surface area contributed by atoms with Crippen LogP contribution in [0.3, 0.4) is 0 Å². The van der Waals surface area contributed by atoms with Crippen molar-refractivity contribution in [3.05, 3.63) is 34.6 Å². The zero-order chi connectivity index (χ0) is 12.1. The van der Waals surface area contributed by atoms with E-state index in [4.69, 9.17) is 17.3 Å². The normalized spacial score (nSPS) is 14.8. The van der Waals surface area contributed by atoms with Crippen LogP contribution in [0.5, 0.6) is 0 Å². The van der Waals surface area contributed by atoms with Gasteiger partial charge in [0.05, 0.1) is 0 Å². The van der Waals surface area contributed by atoms with E-state index in [1.807, 2.05) is 0 Å². The first-order chi connectivity index (χ1) is 7.60. The fourth-order valence-electron chi connectivity index (χ4n) is 2.12. The van der Waals surface area contributed by atoms with E-state index in [1.54, 1.807) is 6.07 Å². The first-order valence-corrected chi connectivity index (χ1v) is 6.13. The quantitative estimate of drug-likeness (QED) is 0.833. The molecule has 2 N–H and O–H groups in total. The van der Waals surface area contributed by atoms with Crippen molar-refractivity contribution in [2.24, 2.45) is 11.7 Å². The summed E-state index contributed by atoms with van der Waals surface area (Å²) in [7, 11) is 0. The molecule has 0 saturated heterocycles. The predicted molar refractivity (Wildman–Crippen MR) is 67.3 cm³/mol. The zero-order valence-corrected chi connectivity index (χ0v) is 10.6. The molecule has 1 nitrogen and oxygen atoms in total. The average Bonchev–Trinajstić information content (AvgIpc) is 2.22. The van der Waals surface area contributed by atoms with Crippen LogP contribution in [0.4, 0.5) is 4.39 Å². The van der Waals surface area contributed by atoms with Gasteiger partial charge >= 0.3 is 0 Å². The molecule has 0 bridgehead atoms. The topological polar surface area (TPSA) is 26.0 Å². The molecule has 0 fully saturated rings. The van der Waals surface area contributed by atoms with Crippen LogP contribution in [0, 0.1) is 11.7 Å². The Bertz CT molecular complexity index is 341. The maximum Gasteiger partial charge on any atom is 0.124 e. The van der Waals surface area contributed by atoms with E-state index in [0.717, 1.165) is 18.4 Å². The van der Waals surface area contributed by atoms with Crippen molar-refractivity contribution in [1.29, 1.82) is 0 Å². The number of rotatable bonds is 5. The summed E-state index contributed by atoms with van der Waals surface area (Å²) in [6.07, 6.45) is 2.23. The second kappa shape index (κ2) is 6.21. The van der Waals surface area contributed by atoms with Crippen molar-refractivity contribution >= 4 is 11.6 Å². The fraction of sp³-hybridized carbons (Fsp3) is 0.538. The van der Waals surface area contributed by atoms with E-state index < -0.39 is 0 Å². The van der Waals surface area contributed by atoms with Crippen LogP contribution < -0.4 is 5.73 Å². The molecule has 1 aromatic carbocycles. The molecule has 0 aliphatic carbocycles. The smallest absolute Gasteiger partial charge is 0.124 e. The third-order valence-electron chi connectivity index (χ3n) is 3.05. The maximum absolute atomic E-state index is 12.9. The summed E-state index contributed by atoms with van der Waals surface area (Å²) in [4.78, 5) is 0. The second-order valence-corrected chi connectivity index (χ2v) is 4.68. The molecule has 3 heteroatoms. The second-order valence-electron chi connectivity index (χ2n) is 4.27. The molecule has 2 unspecified atom stereocenters. The van der Waals surface area contributed by atoms with E-state index in [9.17, 15) is 4.39 Å². The summed E-state index contributed by atoms with van der Waals surface area (Å²) in [6.45, 7) is 4.86. The lowest BCUT2D eigenvalue weighted by Crippen LogP contribution is -2.20. The average molecular weight is 244 g/mol. The van der Waals surface area contributed by atoms with Gasteiger partial charge in [0.2, 0.25) is 0 Å². The minimum absolute atomic E-state index is 0.216. The van der Waals surface area contributed by atoms with Crippen LogP contribution in [0.25, 0.3) is 0 Å². The zero-order valence-electron chi connectivity index (χ0n) is 9.84. The van der Waals surface area contributed by atoms with Crippen molar-refractivity contribution in [2.75, 3.05) is 6.54 Å². The summed E-state index contributed by atoms with van der Waals surface area (Å²) < 4.78 is 12.9. The van der Waals surface area contributed by atoms with Gasteiger partial charge in [-0.2, -0.15) is 0 Å². The predicted octanol–water partition coefficient (Wildman–Crippen LogP) is 3.96. The summed E-state index contributed by atoms with van der Waals surface area (Å²) in [5.41, 5.74) is 6.75. The molecule has 0 heterocycles. The van der Waals surface area contributed by atoms with Gasteiger partial charge in [-0.05, 0) is 30.2 Å². The summed E-state index contributed by atoms with van der Waals surface area (Å²) >= 11 is 6.05. The lowest BCUT2D eigenvalue weighted by molar-refractivity contribution is 0.429. The lowest BCUT2D eigenvalue weighted by Gasteiger charge is -2.23. The number of benzene rings is 1. The van der Waals surface area contributed by atoms with Gasteiger partial charge in [0.1, 0.15) is 5.82 Å². The first kappa shape index (κ1) is 13.5. The Hall–Kier alpha value is -0.600. The van der Waals surface area contributed by atoms with Crippen LogP contribution in [0.2, 0.25) is 5.02 Å². The molecule has 2 atom stereocenters. The minimum Gasteiger partial charge on any atom is -0.330 e. The third-order valence-corrected chi connectivity index (χ3v) is 3.37. The van der Waals surface area contributed by atoms with Gasteiger partial charge in [-0.15, -0.1) is 0 Å². The van der Waals surface area contributed by atoms with Crippen molar-refractivity contribution in [3.8, 4) is 0 Å². The Labute approximate surface area is 102 Å². The van der Waals surface area contributed by atoms with Gasteiger partial charge in [-0.3, -0.25) is 0 Å². The molecule has 0 amide bonds. The fourth-order valence-corrected chi connectivity index (χ4v) is 2.43. The van der Waals surface area contributed by atoms with Crippen LogP contribution >= 0.6 is 11.6 Å².